The van der Waals surface area contributed by atoms with Crippen molar-refractivity contribution < 1.29 is 9.59 Å². The molecule has 8 N–H and O–H groups in total. The zero-order valence-corrected chi connectivity index (χ0v) is 25.2. The first kappa shape index (κ1) is 34.5. The van der Waals surface area contributed by atoms with Gasteiger partial charge in [0.2, 0.25) is 11.8 Å². The Labute approximate surface area is 250 Å². The fourth-order valence-corrected chi connectivity index (χ4v) is 4.61. The molecule has 0 saturated carbocycles. The molecule has 12 heteroatoms. The number of hydrogen-bond donors (Lipinski definition) is 6. The van der Waals surface area contributed by atoms with Gasteiger partial charge in [0, 0.05) is 49.7 Å². The van der Waals surface area contributed by atoms with Gasteiger partial charge in [0.15, 0.2) is 11.9 Å². The number of H-pyrrole nitrogens is 2. The fourth-order valence-electron chi connectivity index (χ4n) is 4.61. The van der Waals surface area contributed by atoms with Crippen molar-refractivity contribution in [3.8, 4) is 0 Å². The highest BCUT2D eigenvalue weighted by Gasteiger charge is 2.04. The average Bonchev–Trinajstić information content (AvgIpc) is 3.68. The molecule has 0 unspecified atom stereocenters. The van der Waals surface area contributed by atoms with E-state index in [1.807, 2.05) is 0 Å². The van der Waals surface area contributed by atoms with Crippen molar-refractivity contribution in [2.75, 3.05) is 13.1 Å². The van der Waals surface area contributed by atoms with Crippen LogP contribution in [0.25, 0.3) is 0 Å². The molecule has 234 valence electrons. The third-order valence-corrected chi connectivity index (χ3v) is 6.98. The van der Waals surface area contributed by atoms with E-state index in [0.717, 1.165) is 75.6 Å². The van der Waals surface area contributed by atoms with Crippen LogP contribution in [-0.4, -0.2) is 56.8 Å². The molecule has 2 aromatic rings. The van der Waals surface area contributed by atoms with Crippen molar-refractivity contribution in [3.63, 3.8) is 0 Å². The van der Waals surface area contributed by atoms with Gasteiger partial charge in [-0.3, -0.25) is 30.2 Å². The predicted octanol–water partition coefficient (Wildman–Crippen LogP) is 4.02. The summed E-state index contributed by atoms with van der Waals surface area (Å²) in [6, 6.07) is 0. The Kier molecular flexibility index (Phi) is 18.8. The third-order valence-electron chi connectivity index (χ3n) is 6.98. The minimum Gasteiger partial charge on any atom is -0.370 e. The summed E-state index contributed by atoms with van der Waals surface area (Å²) in [7, 11) is 0. The molecular formula is C30H52N10O2. The van der Waals surface area contributed by atoms with E-state index in [1.54, 1.807) is 25.0 Å². The maximum atomic E-state index is 12.0. The van der Waals surface area contributed by atoms with E-state index < -0.39 is 0 Å². The number of carbonyl (C=O) groups excluding carboxylic acids is 2. The SMILES string of the molecule is NC(=NCCCc1cnc[nH]1)NC(=O)CCCCCCCCCCCCCCC(=O)NC(N)=NCCCc1cnc[nH]1. The Balaban J connectivity index is 1.30. The summed E-state index contributed by atoms with van der Waals surface area (Å²) in [5, 5.41) is 5.36. The van der Waals surface area contributed by atoms with Crippen molar-refractivity contribution in [2.24, 2.45) is 21.5 Å². The lowest BCUT2D eigenvalue weighted by Crippen LogP contribution is -2.36. The molecule has 0 bridgehead atoms. The first-order chi connectivity index (χ1) is 20.5. The number of unbranched alkanes of at least 4 members (excludes halogenated alkanes) is 11. The lowest BCUT2D eigenvalue weighted by Gasteiger charge is -2.06. The molecule has 2 amide bonds. The van der Waals surface area contributed by atoms with E-state index in [-0.39, 0.29) is 23.7 Å². The lowest BCUT2D eigenvalue weighted by molar-refractivity contribution is -0.120. The molecule has 0 aliphatic carbocycles. The van der Waals surface area contributed by atoms with Crippen LogP contribution in [0.3, 0.4) is 0 Å². The third kappa shape index (κ3) is 18.6. The van der Waals surface area contributed by atoms with Gasteiger partial charge < -0.3 is 21.4 Å². The standard InChI is InChI=1S/C30H52N10O2/c31-29(35-19-13-15-25-21-33-23-37-25)39-27(41)17-11-9-7-5-3-1-2-4-6-8-10-12-18-28(42)40-30(32)36-20-14-16-26-22-34-24-38-26/h21-24H,1-20H2,(H,33,37)(H,34,38)(H3,31,35,39,41)(H3,32,36,40,42). The zero-order chi connectivity index (χ0) is 30.1. The van der Waals surface area contributed by atoms with Crippen LogP contribution in [0.2, 0.25) is 0 Å². The maximum Gasteiger partial charge on any atom is 0.226 e. The van der Waals surface area contributed by atoms with E-state index in [2.05, 4.69) is 40.6 Å². The molecule has 0 aliphatic heterocycles. The Morgan fingerprint density at radius 1 is 0.595 bits per heavy atom. The predicted molar refractivity (Wildman–Crippen MR) is 168 cm³/mol. The van der Waals surface area contributed by atoms with Crippen LogP contribution < -0.4 is 22.1 Å². The molecule has 2 rings (SSSR count). The summed E-state index contributed by atoms with van der Waals surface area (Å²) < 4.78 is 0. The van der Waals surface area contributed by atoms with E-state index in [0.29, 0.717) is 25.9 Å². The number of imidazole rings is 2. The largest absolute Gasteiger partial charge is 0.370 e. The zero-order valence-electron chi connectivity index (χ0n) is 25.2. The second kappa shape index (κ2) is 22.9. The van der Waals surface area contributed by atoms with E-state index in [1.165, 1.54) is 38.5 Å². The van der Waals surface area contributed by atoms with Gasteiger partial charge in [0.25, 0.3) is 0 Å². The Bertz CT molecular complexity index is 937. The molecule has 12 nitrogen and oxygen atoms in total. The van der Waals surface area contributed by atoms with Gasteiger partial charge in [-0.25, -0.2) is 9.97 Å². The smallest absolute Gasteiger partial charge is 0.226 e. The van der Waals surface area contributed by atoms with E-state index in [9.17, 15) is 9.59 Å². The number of guanidine groups is 2. The highest BCUT2D eigenvalue weighted by molar-refractivity contribution is 5.96. The van der Waals surface area contributed by atoms with Crippen molar-refractivity contribution in [2.45, 2.75) is 116 Å². The van der Waals surface area contributed by atoms with Crippen LogP contribution in [0.5, 0.6) is 0 Å². The minimum absolute atomic E-state index is 0.0588. The number of hydrogen-bond acceptors (Lipinski definition) is 6. The quantitative estimate of drug-likeness (QED) is 0.0648. The molecule has 0 radical (unpaired) electrons. The molecule has 0 aliphatic rings. The summed E-state index contributed by atoms with van der Waals surface area (Å²) in [5.74, 6) is 0.289. The first-order valence-corrected chi connectivity index (χ1v) is 15.7. The molecule has 0 atom stereocenters. The van der Waals surface area contributed by atoms with Crippen LogP contribution in [0.15, 0.2) is 35.0 Å². The topological polar surface area (TPSA) is 192 Å². The number of rotatable bonds is 23. The van der Waals surface area contributed by atoms with Crippen LogP contribution >= 0.6 is 0 Å². The summed E-state index contributed by atoms with van der Waals surface area (Å²) in [6.07, 6.45) is 24.9. The summed E-state index contributed by atoms with van der Waals surface area (Å²) >= 11 is 0. The van der Waals surface area contributed by atoms with Crippen molar-refractivity contribution in [1.29, 1.82) is 0 Å². The van der Waals surface area contributed by atoms with Crippen molar-refractivity contribution in [3.05, 3.63) is 36.4 Å². The minimum atomic E-state index is -0.0588. The van der Waals surface area contributed by atoms with Crippen molar-refractivity contribution in [1.82, 2.24) is 30.6 Å². The Morgan fingerprint density at radius 3 is 1.29 bits per heavy atom. The highest BCUT2D eigenvalue weighted by Crippen LogP contribution is 2.13. The highest BCUT2D eigenvalue weighted by atomic mass is 16.2. The first-order valence-electron chi connectivity index (χ1n) is 15.7. The van der Waals surface area contributed by atoms with Crippen LogP contribution in [-0.2, 0) is 22.4 Å². The second-order valence-electron chi connectivity index (χ2n) is 10.7. The second-order valence-corrected chi connectivity index (χ2v) is 10.7. The van der Waals surface area contributed by atoms with E-state index >= 15 is 0 Å². The summed E-state index contributed by atoms with van der Waals surface area (Å²) in [4.78, 5) is 46.5. The van der Waals surface area contributed by atoms with Gasteiger partial charge in [0.1, 0.15) is 0 Å². The number of aryl methyl sites for hydroxylation is 2. The van der Waals surface area contributed by atoms with Crippen LogP contribution in [0.4, 0.5) is 0 Å². The lowest BCUT2D eigenvalue weighted by atomic mass is 10.0. The summed E-state index contributed by atoms with van der Waals surface area (Å²) in [6.45, 7) is 1.15. The van der Waals surface area contributed by atoms with Gasteiger partial charge in [-0.2, -0.15) is 0 Å². The number of aromatic nitrogens is 4. The number of nitrogens with two attached hydrogens (primary N) is 2. The Hall–Kier alpha value is -3.70. The van der Waals surface area contributed by atoms with Gasteiger partial charge in [-0.05, 0) is 38.5 Å². The Morgan fingerprint density at radius 2 is 0.952 bits per heavy atom. The van der Waals surface area contributed by atoms with Gasteiger partial charge in [0.05, 0.1) is 12.7 Å². The molecule has 0 spiro atoms. The monoisotopic (exact) mass is 584 g/mol. The molecule has 0 fully saturated rings. The normalized spacial score (nSPS) is 12.0. The molecule has 42 heavy (non-hydrogen) atoms. The number of carbonyl (C=O) groups is 2. The van der Waals surface area contributed by atoms with Crippen molar-refractivity contribution >= 4 is 23.7 Å². The van der Waals surface area contributed by atoms with Crippen LogP contribution in [0.1, 0.15) is 114 Å². The number of amides is 2. The van der Waals surface area contributed by atoms with Crippen LogP contribution in [0, 0.1) is 0 Å². The number of aromatic amines is 2. The summed E-state index contributed by atoms with van der Waals surface area (Å²) in [5.41, 5.74) is 13.8. The molecular weight excluding hydrogens is 532 g/mol. The fraction of sp³-hybridized carbons (Fsp3) is 0.667. The molecule has 0 saturated heterocycles. The number of nitrogens with zero attached hydrogens (tertiary/aromatic N) is 4. The molecule has 2 aromatic heterocycles. The molecule has 0 aromatic carbocycles. The maximum absolute atomic E-state index is 12.0. The van der Waals surface area contributed by atoms with E-state index in [4.69, 9.17) is 11.5 Å². The van der Waals surface area contributed by atoms with Gasteiger partial charge in [-0.1, -0.05) is 64.2 Å². The number of nitrogens with one attached hydrogen (secondary N) is 4. The number of aliphatic imine (C=N–C) groups is 2. The van der Waals surface area contributed by atoms with Gasteiger partial charge >= 0.3 is 0 Å². The van der Waals surface area contributed by atoms with Gasteiger partial charge in [-0.15, -0.1) is 0 Å². The molecule has 2 heterocycles. The average molecular weight is 585 g/mol.